The lowest BCUT2D eigenvalue weighted by Crippen LogP contribution is -2.15. The number of pyridine rings is 2. The maximum absolute atomic E-state index is 4.80. The van der Waals surface area contributed by atoms with E-state index in [2.05, 4.69) is 82.6 Å². The summed E-state index contributed by atoms with van der Waals surface area (Å²) in [5.74, 6) is 0. The number of aromatic nitrogens is 2. The van der Waals surface area contributed by atoms with E-state index < -0.39 is 0 Å². The van der Waals surface area contributed by atoms with Crippen LogP contribution in [0.3, 0.4) is 0 Å². The van der Waals surface area contributed by atoms with Crippen molar-refractivity contribution in [2.75, 3.05) is 16.3 Å². The Morgan fingerprint density at radius 3 is 1.88 bits per heavy atom. The van der Waals surface area contributed by atoms with Gasteiger partial charge in [0.2, 0.25) is 0 Å². The van der Waals surface area contributed by atoms with Gasteiger partial charge in [0.15, 0.2) is 0 Å². The molecule has 0 bridgehead atoms. The van der Waals surface area contributed by atoms with Gasteiger partial charge in [0, 0.05) is 54.2 Å². The molecule has 4 heterocycles. The highest BCUT2D eigenvalue weighted by Crippen LogP contribution is 2.40. The Hall–Kier alpha value is -3.92. The average Bonchev–Trinajstić information content (AvgIpc) is 3.47. The number of rotatable bonds is 2. The van der Waals surface area contributed by atoms with E-state index in [-0.39, 0.29) is 0 Å². The van der Waals surface area contributed by atoms with Crippen LogP contribution in [-0.4, -0.2) is 16.5 Å². The zero-order valence-electron chi connectivity index (χ0n) is 17.7. The van der Waals surface area contributed by atoms with Crippen LogP contribution in [0.1, 0.15) is 16.7 Å². The summed E-state index contributed by atoms with van der Waals surface area (Å²) in [6.45, 7) is 2.87. The zero-order chi connectivity index (χ0) is 21.1. The predicted octanol–water partition coefficient (Wildman–Crippen LogP) is 6.00. The minimum absolute atomic E-state index is 0.936. The Balaban J connectivity index is 1.37. The second kappa shape index (κ2) is 6.79. The Bertz CT molecular complexity index is 1480. The molecule has 4 heteroatoms. The summed E-state index contributed by atoms with van der Waals surface area (Å²) in [4.78, 5) is 14.5. The van der Waals surface area contributed by atoms with Gasteiger partial charge in [-0.1, -0.05) is 42.5 Å². The summed E-state index contributed by atoms with van der Waals surface area (Å²) in [5, 5.41) is 2.32. The lowest BCUT2D eigenvalue weighted by molar-refractivity contribution is 0.884. The number of nitrogens with zero attached hydrogens (tertiary/aromatic N) is 4. The maximum atomic E-state index is 4.80. The Kier molecular flexibility index (Phi) is 3.76. The smallest absolute Gasteiger partial charge is 0.0986 e. The SMILES string of the molecule is c1ccc2c(c1)CN(c1ccnc3c1ccc1c(N4CCc5ccccc54)ccnc13)C2. The highest BCUT2D eigenvalue weighted by molar-refractivity contribution is 6.11. The normalized spacial score (nSPS) is 14.9. The predicted molar refractivity (Wildman–Crippen MR) is 131 cm³/mol. The number of hydrogen-bond acceptors (Lipinski definition) is 4. The topological polar surface area (TPSA) is 32.3 Å². The summed E-state index contributed by atoms with van der Waals surface area (Å²) in [7, 11) is 0. The summed E-state index contributed by atoms with van der Waals surface area (Å²) < 4.78 is 0. The molecule has 2 aromatic heterocycles. The highest BCUT2D eigenvalue weighted by atomic mass is 15.2. The molecule has 0 N–H and O–H groups in total. The van der Waals surface area contributed by atoms with E-state index in [0.29, 0.717) is 0 Å². The Labute approximate surface area is 186 Å². The second-order valence-electron chi connectivity index (χ2n) is 8.67. The first kappa shape index (κ1) is 17.7. The quantitative estimate of drug-likeness (QED) is 0.332. The highest BCUT2D eigenvalue weighted by Gasteiger charge is 2.24. The fraction of sp³-hybridized carbons (Fsp3) is 0.143. The van der Waals surface area contributed by atoms with Crippen LogP contribution in [0.15, 0.2) is 85.2 Å². The first-order valence-corrected chi connectivity index (χ1v) is 11.2. The van der Waals surface area contributed by atoms with Gasteiger partial charge in [-0.25, -0.2) is 0 Å². The van der Waals surface area contributed by atoms with E-state index in [1.54, 1.807) is 0 Å². The average molecular weight is 415 g/mol. The third-order valence-electron chi connectivity index (χ3n) is 6.93. The fourth-order valence-electron chi connectivity index (χ4n) is 5.40. The lowest BCUT2D eigenvalue weighted by Gasteiger charge is -2.23. The molecular formula is C28H22N4. The first-order valence-electron chi connectivity index (χ1n) is 11.2. The minimum Gasteiger partial charge on any atom is -0.362 e. The molecule has 0 unspecified atom stereocenters. The molecular weight excluding hydrogens is 392 g/mol. The molecule has 3 aromatic carbocycles. The standard InChI is InChI=1S/C28H22N4/c1-2-7-21-18-31(17-20(21)6-1)25-11-14-29-27-22(25)9-10-23-26(12-15-30-28(23)27)32-16-13-19-5-3-4-8-24(19)32/h1-12,14-15H,13,16-18H2. The molecule has 0 spiro atoms. The molecule has 0 saturated heterocycles. The van der Waals surface area contributed by atoms with Gasteiger partial charge >= 0.3 is 0 Å². The third kappa shape index (κ3) is 2.56. The summed E-state index contributed by atoms with van der Waals surface area (Å²) in [6, 6.07) is 26.2. The molecule has 0 saturated carbocycles. The molecule has 5 aromatic rings. The monoisotopic (exact) mass is 414 g/mol. The van der Waals surface area contributed by atoms with Crippen LogP contribution in [0.25, 0.3) is 21.8 Å². The van der Waals surface area contributed by atoms with E-state index >= 15 is 0 Å². The van der Waals surface area contributed by atoms with Crippen LogP contribution in [0.5, 0.6) is 0 Å². The molecule has 0 radical (unpaired) electrons. The minimum atomic E-state index is 0.936. The van der Waals surface area contributed by atoms with Gasteiger partial charge < -0.3 is 9.80 Å². The zero-order valence-corrected chi connectivity index (χ0v) is 17.7. The van der Waals surface area contributed by atoms with Crippen molar-refractivity contribution in [1.82, 2.24) is 9.97 Å². The lowest BCUT2D eigenvalue weighted by atomic mass is 10.1. The summed E-state index contributed by atoms with van der Waals surface area (Å²) in [6.07, 6.45) is 4.93. The first-order chi connectivity index (χ1) is 15.9. The third-order valence-corrected chi connectivity index (χ3v) is 6.93. The molecule has 154 valence electrons. The molecule has 4 nitrogen and oxygen atoms in total. The van der Waals surface area contributed by atoms with Crippen LogP contribution in [0, 0.1) is 0 Å². The molecule has 32 heavy (non-hydrogen) atoms. The van der Waals surface area contributed by atoms with Crippen molar-refractivity contribution in [1.29, 1.82) is 0 Å². The van der Waals surface area contributed by atoms with E-state index in [4.69, 9.17) is 9.97 Å². The van der Waals surface area contributed by atoms with E-state index in [1.807, 2.05) is 12.4 Å². The molecule has 0 fully saturated rings. The molecule has 2 aliphatic heterocycles. The van der Waals surface area contributed by atoms with Gasteiger partial charge in [-0.3, -0.25) is 9.97 Å². The number of para-hydroxylation sites is 1. The maximum Gasteiger partial charge on any atom is 0.0986 e. The molecule has 0 atom stereocenters. The largest absolute Gasteiger partial charge is 0.362 e. The van der Waals surface area contributed by atoms with Crippen molar-refractivity contribution in [3.05, 3.63) is 102 Å². The number of benzene rings is 3. The number of fused-ring (bicyclic) bond motifs is 5. The van der Waals surface area contributed by atoms with Crippen LogP contribution >= 0.6 is 0 Å². The second-order valence-corrected chi connectivity index (χ2v) is 8.67. The summed E-state index contributed by atoms with van der Waals surface area (Å²) in [5.41, 5.74) is 9.92. The van der Waals surface area contributed by atoms with Crippen molar-refractivity contribution >= 4 is 38.9 Å². The van der Waals surface area contributed by atoms with Crippen LogP contribution in [-0.2, 0) is 19.5 Å². The van der Waals surface area contributed by atoms with E-state index in [0.717, 1.165) is 42.5 Å². The van der Waals surface area contributed by atoms with Crippen LogP contribution < -0.4 is 9.80 Å². The molecule has 7 rings (SSSR count). The van der Waals surface area contributed by atoms with E-state index in [1.165, 1.54) is 39.1 Å². The van der Waals surface area contributed by atoms with Gasteiger partial charge in [0.25, 0.3) is 0 Å². The Morgan fingerprint density at radius 1 is 0.562 bits per heavy atom. The molecule has 2 aliphatic rings. The molecule has 0 aliphatic carbocycles. The summed E-state index contributed by atoms with van der Waals surface area (Å²) >= 11 is 0. The van der Waals surface area contributed by atoms with Crippen molar-refractivity contribution in [3.63, 3.8) is 0 Å². The van der Waals surface area contributed by atoms with Crippen molar-refractivity contribution in [3.8, 4) is 0 Å². The van der Waals surface area contributed by atoms with Gasteiger partial charge in [0.1, 0.15) is 0 Å². The molecule has 0 amide bonds. The van der Waals surface area contributed by atoms with Gasteiger partial charge in [-0.2, -0.15) is 0 Å². The van der Waals surface area contributed by atoms with Gasteiger partial charge in [-0.15, -0.1) is 0 Å². The van der Waals surface area contributed by atoms with Crippen molar-refractivity contribution in [2.24, 2.45) is 0 Å². The number of anilines is 3. The fourth-order valence-corrected chi connectivity index (χ4v) is 5.40. The van der Waals surface area contributed by atoms with Crippen LogP contribution in [0.4, 0.5) is 17.1 Å². The van der Waals surface area contributed by atoms with Crippen LogP contribution in [0.2, 0.25) is 0 Å². The Morgan fingerprint density at radius 2 is 1.16 bits per heavy atom. The van der Waals surface area contributed by atoms with Gasteiger partial charge in [-0.05, 0) is 53.4 Å². The number of hydrogen-bond donors (Lipinski definition) is 0. The van der Waals surface area contributed by atoms with Crippen molar-refractivity contribution < 1.29 is 0 Å². The van der Waals surface area contributed by atoms with Crippen molar-refractivity contribution in [2.45, 2.75) is 19.5 Å². The van der Waals surface area contributed by atoms with E-state index in [9.17, 15) is 0 Å². The van der Waals surface area contributed by atoms with Gasteiger partial charge in [0.05, 0.1) is 16.7 Å².